The molecule has 178 valence electrons. The second kappa shape index (κ2) is 9.46. The molecule has 3 unspecified atom stereocenters. The molecule has 0 N–H and O–H groups in total. The molecular weight excluding hydrogens is 415 g/mol. The second-order valence-electron chi connectivity index (χ2n) is 10.8. The van der Waals surface area contributed by atoms with E-state index in [1.807, 2.05) is 6.07 Å². The Morgan fingerprint density at radius 1 is 0.970 bits per heavy atom. The van der Waals surface area contributed by atoms with Crippen LogP contribution in [0, 0.1) is 5.82 Å². The van der Waals surface area contributed by atoms with E-state index in [0.717, 1.165) is 64.3 Å². The number of nitrogens with zero attached hydrogens (tertiary/aromatic N) is 2. The normalized spacial score (nSPS) is 25.9. The molecule has 33 heavy (non-hydrogen) atoms. The Balaban J connectivity index is 1.23. The molecule has 2 aromatic rings. The maximum absolute atomic E-state index is 14.2. The Kier molecular flexibility index (Phi) is 6.58. The zero-order valence-electron chi connectivity index (χ0n) is 20.2. The molecule has 0 amide bonds. The number of hydrogen-bond acceptors (Lipinski definition) is 4. The van der Waals surface area contributed by atoms with Gasteiger partial charge in [0.15, 0.2) is 0 Å². The minimum absolute atomic E-state index is 0.0554. The van der Waals surface area contributed by atoms with Gasteiger partial charge in [0, 0.05) is 45.2 Å². The number of rotatable bonds is 5. The molecule has 0 aromatic heterocycles. The summed E-state index contributed by atoms with van der Waals surface area (Å²) in [5, 5.41) is 0. The predicted molar refractivity (Wildman–Crippen MR) is 129 cm³/mol. The van der Waals surface area contributed by atoms with Gasteiger partial charge in [0.25, 0.3) is 0 Å². The molecule has 0 saturated carbocycles. The maximum atomic E-state index is 14.2. The number of benzene rings is 2. The molecule has 2 fully saturated rings. The number of halogens is 1. The van der Waals surface area contributed by atoms with E-state index in [2.05, 4.69) is 54.8 Å². The summed E-state index contributed by atoms with van der Waals surface area (Å²) in [6.07, 6.45) is 1.98. The monoisotopic (exact) mass is 452 g/mol. The summed E-state index contributed by atoms with van der Waals surface area (Å²) >= 11 is 0. The zero-order chi connectivity index (χ0) is 23.0. The Hall–Kier alpha value is -1.79. The SMILES string of the molecule is CC(C)(C)OCCN1CCN(CC2CC3c4ccccc4Cc4ccc(F)cc4C3O2)CC1. The van der Waals surface area contributed by atoms with Crippen LogP contribution in [-0.4, -0.2) is 67.4 Å². The van der Waals surface area contributed by atoms with Crippen molar-refractivity contribution in [2.45, 2.75) is 57.3 Å². The van der Waals surface area contributed by atoms with Gasteiger partial charge in [0.2, 0.25) is 0 Å². The highest BCUT2D eigenvalue weighted by Gasteiger charge is 2.41. The van der Waals surface area contributed by atoms with Crippen molar-refractivity contribution in [3.63, 3.8) is 0 Å². The predicted octanol–water partition coefficient (Wildman–Crippen LogP) is 4.78. The number of ether oxygens (including phenoxy) is 2. The van der Waals surface area contributed by atoms with Gasteiger partial charge in [-0.3, -0.25) is 9.80 Å². The molecule has 0 bridgehead atoms. The quantitative estimate of drug-likeness (QED) is 0.652. The molecule has 0 radical (unpaired) electrons. The summed E-state index contributed by atoms with van der Waals surface area (Å²) in [5.41, 5.74) is 4.90. The average Bonchev–Trinajstić information content (AvgIpc) is 3.14. The standard InChI is InChI=1S/C28H37FN2O2/c1-28(2,3)32-15-14-30-10-12-31(13-11-30)19-23-18-26-24-7-5-4-6-20(24)16-21-8-9-22(29)17-25(21)27(26)33-23/h4-9,17,23,26-27H,10-16,18-19H2,1-3H3. The van der Waals surface area contributed by atoms with Crippen molar-refractivity contribution in [2.75, 3.05) is 45.9 Å². The van der Waals surface area contributed by atoms with E-state index in [1.54, 1.807) is 12.1 Å². The second-order valence-corrected chi connectivity index (χ2v) is 10.8. The third-order valence-electron chi connectivity index (χ3n) is 7.34. The highest BCUT2D eigenvalue weighted by molar-refractivity contribution is 5.45. The Labute approximate surface area is 197 Å². The Bertz CT molecular complexity index is 965. The molecule has 2 aromatic carbocycles. The Morgan fingerprint density at radius 3 is 2.48 bits per heavy atom. The van der Waals surface area contributed by atoms with E-state index in [-0.39, 0.29) is 23.6 Å². The van der Waals surface area contributed by atoms with E-state index in [1.165, 1.54) is 16.7 Å². The number of piperazine rings is 1. The van der Waals surface area contributed by atoms with E-state index in [4.69, 9.17) is 9.47 Å². The van der Waals surface area contributed by atoms with Crippen LogP contribution in [-0.2, 0) is 15.9 Å². The zero-order valence-corrected chi connectivity index (χ0v) is 20.2. The largest absolute Gasteiger partial charge is 0.375 e. The van der Waals surface area contributed by atoms with E-state index in [9.17, 15) is 4.39 Å². The first kappa shape index (κ1) is 23.0. The molecule has 3 atom stereocenters. The highest BCUT2D eigenvalue weighted by atomic mass is 19.1. The van der Waals surface area contributed by atoms with Crippen LogP contribution in [0.15, 0.2) is 42.5 Å². The van der Waals surface area contributed by atoms with Crippen molar-refractivity contribution in [3.8, 4) is 0 Å². The van der Waals surface area contributed by atoms with Crippen LogP contribution < -0.4 is 0 Å². The molecule has 2 saturated heterocycles. The molecule has 4 nitrogen and oxygen atoms in total. The van der Waals surface area contributed by atoms with Crippen molar-refractivity contribution >= 4 is 0 Å². The van der Waals surface area contributed by atoms with Gasteiger partial charge < -0.3 is 9.47 Å². The first-order chi connectivity index (χ1) is 15.9. The number of hydrogen-bond donors (Lipinski definition) is 0. The lowest BCUT2D eigenvalue weighted by molar-refractivity contribution is -0.0226. The molecule has 3 aliphatic rings. The van der Waals surface area contributed by atoms with Crippen molar-refractivity contribution in [2.24, 2.45) is 0 Å². The summed E-state index contributed by atoms with van der Waals surface area (Å²) in [5.74, 6) is 0.127. The van der Waals surface area contributed by atoms with Crippen LogP contribution in [0.3, 0.4) is 0 Å². The summed E-state index contributed by atoms with van der Waals surface area (Å²) in [7, 11) is 0. The number of fused-ring (bicyclic) bond motifs is 5. The topological polar surface area (TPSA) is 24.9 Å². The van der Waals surface area contributed by atoms with Gasteiger partial charge in [-0.25, -0.2) is 4.39 Å². The van der Waals surface area contributed by atoms with Gasteiger partial charge >= 0.3 is 0 Å². The lowest BCUT2D eigenvalue weighted by Gasteiger charge is -2.36. The third kappa shape index (κ3) is 5.32. The molecule has 5 rings (SSSR count). The fraction of sp³-hybridized carbons (Fsp3) is 0.571. The first-order valence-electron chi connectivity index (χ1n) is 12.5. The molecule has 2 heterocycles. The summed E-state index contributed by atoms with van der Waals surface area (Å²) in [4.78, 5) is 5.03. The minimum Gasteiger partial charge on any atom is -0.375 e. The van der Waals surface area contributed by atoms with Crippen molar-refractivity contribution in [1.29, 1.82) is 0 Å². The lowest BCUT2D eigenvalue weighted by atomic mass is 9.87. The Morgan fingerprint density at radius 2 is 1.70 bits per heavy atom. The maximum Gasteiger partial charge on any atom is 0.123 e. The van der Waals surface area contributed by atoms with Crippen LogP contribution in [0.2, 0.25) is 0 Å². The minimum atomic E-state index is -0.169. The molecule has 5 heteroatoms. The van der Waals surface area contributed by atoms with E-state index in [0.29, 0.717) is 5.92 Å². The summed E-state index contributed by atoms with van der Waals surface area (Å²) < 4.78 is 26.8. The van der Waals surface area contributed by atoms with Gasteiger partial charge in [-0.05, 0) is 68.0 Å². The van der Waals surface area contributed by atoms with Gasteiger partial charge in [0.05, 0.1) is 24.4 Å². The lowest BCUT2D eigenvalue weighted by Crippen LogP contribution is -2.49. The summed E-state index contributed by atoms with van der Waals surface area (Å²) in [6.45, 7) is 13.3. The fourth-order valence-corrected chi connectivity index (χ4v) is 5.68. The van der Waals surface area contributed by atoms with Crippen LogP contribution >= 0.6 is 0 Å². The van der Waals surface area contributed by atoms with Crippen LogP contribution in [0.5, 0.6) is 0 Å². The first-order valence-corrected chi connectivity index (χ1v) is 12.5. The van der Waals surface area contributed by atoms with Crippen LogP contribution in [0.4, 0.5) is 4.39 Å². The van der Waals surface area contributed by atoms with E-state index >= 15 is 0 Å². The van der Waals surface area contributed by atoms with Gasteiger partial charge in [0.1, 0.15) is 5.82 Å². The van der Waals surface area contributed by atoms with Gasteiger partial charge in [-0.2, -0.15) is 0 Å². The van der Waals surface area contributed by atoms with Gasteiger partial charge in [-0.15, -0.1) is 0 Å². The van der Waals surface area contributed by atoms with E-state index < -0.39 is 0 Å². The van der Waals surface area contributed by atoms with Crippen molar-refractivity contribution < 1.29 is 13.9 Å². The van der Waals surface area contributed by atoms with Crippen LogP contribution in [0.25, 0.3) is 0 Å². The molecule has 1 aliphatic carbocycles. The molecule has 2 aliphatic heterocycles. The van der Waals surface area contributed by atoms with Crippen molar-refractivity contribution in [1.82, 2.24) is 9.80 Å². The smallest absolute Gasteiger partial charge is 0.123 e. The molecular formula is C28H37FN2O2. The van der Waals surface area contributed by atoms with Crippen molar-refractivity contribution in [3.05, 3.63) is 70.5 Å². The summed E-state index contributed by atoms with van der Waals surface area (Å²) in [6, 6.07) is 14.0. The van der Waals surface area contributed by atoms with Gasteiger partial charge in [-0.1, -0.05) is 30.3 Å². The highest BCUT2D eigenvalue weighted by Crippen LogP contribution is 2.49. The fourth-order valence-electron chi connectivity index (χ4n) is 5.68. The molecule has 0 spiro atoms. The third-order valence-corrected chi connectivity index (χ3v) is 7.34. The van der Waals surface area contributed by atoms with Crippen LogP contribution in [0.1, 0.15) is 61.5 Å². The average molecular weight is 453 g/mol.